The van der Waals surface area contributed by atoms with E-state index >= 15 is 0 Å². The Balaban J connectivity index is 1.39. The lowest BCUT2D eigenvalue weighted by molar-refractivity contribution is -0.125. The van der Waals surface area contributed by atoms with Gasteiger partial charge in [0.1, 0.15) is 5.82 Å². The number of rotatable bonds is 4. The maximum Gasteiger partial charge on any atom is 0.225 e. The van der Waals surface area contributed by atoms with Crippen LogP contribution in [0.25, 0.3) is 0 Å². The fraction of sp³-hybridized carbons (Fsp3) is 0.588. The lowest BCUT2D eigenvalue weighted by Gasteiger charge is -2.16. The Morgan fingerprint density at radius 1 is 1.38 bits per heavy atom. The number of aromatic nitrogens is 4. The van der Waals surface area contributed by atoms with Gasteiger partial charge in [0.2, 0.25) is 5.91 Å². The second kappa shape index (κ2) is 6.39. The molecule has 0 spiro atoms. The Bertz CT molecular complexity index is 710. The van der Waals surface area contributed by atoms with E-state index in [0.29, 0.717) is 13.1 Å². The quantitative estimate of drug-likeness (QED) is 0.860. The van der Waals surface area contributed by atoms with Crippen molar-refractivity contribution >= 4 is 5.91 Å². The average molecular weight is 328 g/mol. The Kier molecular flexibility index (Phi) is 4.10. The smallest absolute Gasteiger partial charge is 0.225 e. The summed E-state index contributed by atoms with van der Waals surface area (Å²) in [6, 6.07) is 0. The predicted octanol–water partition coefficient (Wildman–Crippen LogP) is 0.572. The van der Waals surface area contributed by atoms with E-state index in [0.717, 1.165) is 36.6 Å². The van der Waals surface area contributed by atoms with Gasteiger partial charge in [-0.3, -0.25) is 9.48 Å². The van der Waals surface area contributed by atoms with E-state index in [1.807, 2.05) is 19.4 Å². The summed E-state index contributed by atoms with van der Waals surface area (Å²) < 4.78 is 4.01. The Labute approximate surface area is 141 Å². The summed E-state index contributed by atoms with van der Waals surface area (Å²) in [4.78, 5) is 17.3. The van der Waals surface area contributed by atoms with Gasteiger partial charge in [0.05, 0.1) is 24.4 Å². The second-order valence-electron chi connectivity index (χ2n) is 6.84. The largest absolute Gasteiger partial charge is 0.350 e. The van der Waals surface area contributed by atoms with Crippen LogP contribution in [0, 0.1) is 5.92 Å². The summed E-state index contributed by atoms with van der Waals surface area (Å²) in [6.45, 7) is 3.09. The molecule has 7 nitrogen and oxygen atoms in total. The molecule has 0 bridgehead atoms. The molecule has 2 atom stereocenters. The number of hydrogen-bond donors (Lipinski definition) is 2. The molecule has 2 N–H and O–H groups in total. The molecule has 4 rings (SSSR count). The SMILES string of the molecule is Cn1cc([C@H]2CNC[C@@H]2C(=O)NCc2cn3c(n2)CCCC3)cn1. The van der Waals surface area contributed by atoms with Gasteiger partial charge < -0.3 is 15.2 Å². The summed E-state index contributed by atoms with van der Waals surface area (Å²) >= 11 is 0. The third-order valence-electron chi connectivity index (χ3n) is 5.11. The van der Waals surface area contributed by atoms with Crippen molar-refractivity contribution in [2.45, 2.75) is 38.3 Å². The number of nitrogens with zero attached hydrogens (tertiary/aromatic N) is 4. The summed E-state index contributed by atoms with van der Waals surface area (Å²) in [6.07, 6.45) is 9.42. The van der Waals surface area contributed by atoms with Gasteiger partial charge >= 0.3 is 0 Å². The highest BCUT2D eigenvalue weighted by atomic mass is 16.1. The van der Waals surface area contributed by atoms with Crippen LogP contribution < -0.4 is 10.6 Å². The van der Waals surface area contributed by atoms with Gasteiger partial charge in [-0.15, -0.1) is 0 Å². The van der Waals surface area contributed by atoms with Crippen molar-refractivity contribution in [1.82, 2.24) is 30.0 Å². The molecule has 1 fully saturated rings. The Morgan fingerprint density at radius 2 is 2.29 bits per heavy atom. The lowest BCUT2D eigenvalue weighted by Crippen LogP contribution is -2.34. The highest BCUT2D eigenvalue weighted by molar-refractivity contribution is 5.80. The van der Waals surface area contributed by atoms with Gasteiger partial charge in [0, 0.05) is 51.4 Å². The fourth-order valence-electron chi connectivity index (χ4n) is 3.80. The second-order valence-corrected chi connectivity index (χ2v) is 6.84. The third kappa shape index (κ3) is 2.96. The average Bonchev–Trinajstić information content (AvgIpc) is 3.30. The zero-order chi connectivity index (χ0) is 16.5. The topological polar surface area (TPSA) is 76.8 Å². The molecule has 2 aromatic rings. The first-order valence-corrected chi connectivity index (χ1v) is 8.72. The van der Waals surface area contributed by atoms with Gasteiger partial charge in [-0.05, 0) is 18.4 Å². The minimum Gasteiger partial charge on any atom is -0.350 e. The van der Waals surface area contributed by atoms with Gasteiger partial charge in [0.25, 0.3) is 0 Å². The Morgan fingerprint density at radius 3 is 3.08 bits per heavy atom. The van der Waals surface area contributed by atoms with Crippen LogP contribution in [-0.2, 0) is 31.4 Å². The molecule has 128 valence electrons. The van der Waals surface area contributed by atoms with Crippen molar-refractivity contribution in [1.29, 1.82) is 0 Å². The molecule has 0 unspecified atom stereocenters. The zero-order valence-electron chi connectivity index (χ0n) is 14.0. The van der Waals surface area contributed by atoms with Gasteiger partial charge in [-0.2, -0.15) is 5.10 Å². The molecular weight excluding hydrogens is 304 g/mol. The van der Waals surface area contributed by atoms with Crippen LogP contribution in [-0.4, -0.2) is 38.3 Å². The van der Waals surface area contributed by atoms with Crippen LogP contribution in [0.5, 0.6) is 0 Å². The van der Waals surface area contributed by atoms with E-state index in [4.69, 9.17) is 0 Å². The van der Waals surface area contributed by atoms with E-state index in [1.165, 1.54) is 12.8 Å². The van der Waals surface area contributed by atoms with Crippen LogP contribution in [0.2, 0.25) is 0 Å². The number of carbonyl (C=O) groups excluding carboxylic acids is 1. The lowest BCUT2D eigenvalue weighted by atomic mass is 9.90. The third-order valence-corrected chi connectivity index (χ3v) is 5.11. The number of carbonyl (C=O) groups is 1. The van der Waals surface area contributed by atoms with E-state index < -0.39 is 0 Å². The summed E-state index contributed by atoms with van der Waals surface area (Å²) in [7, 11) is 1.90. The first-order chi connectivity index (χ1) is 11.7. The van der Waals surface area contributed by atoms with E-state index in [2.05, 4.69) is 31.5 Å². The van der Waals surface area contributed by atoms with Crippen LogP contribution in [0.3, 0.4) is 0 Å². The molecule has 0 aliphatic carbocycles. The van der Waals surface area contributed by atoms with Crippen molar-refractivity contribution < 1.29 is 4.79 Å². The van der Waals surface area contributed by atoms with Gasteiger partial charge in [-0.1, -0.05) is 0 Å². The summed E-state index contributed by atoms with van der Waals surface area (Å²) in [5.41, 5.74) is 2.09. The van der Waals surface area contributed by atoms with Crippen molar-refractivity contribution in [3.63, 3.8) is 0 Å². The number of fused-ring (bicyclic) bond motifs is 1. The monoisotopic (exact) mass is 328 g/mol. The molecule has 1 amide bonds. The molecule has 4 heterocycles. The Hall–Kier alpha value is -2.15. The number of hydrogen-bond acceptors (Lipinski definition) is 4. The molecule has 24 heavy (non-hydrogen) atoms. The highest BCUT2D eigenvalue weighted by Crippen LogP contribution is 2.28. The number of aryl methyl sites for hydroxylation is 3. The fourth-order valence-corrected chi connectivity index (χ4v) is 3.80. The molecule has 7 heteroatoms. The maximum absolute atomic E-state index is 12.6. The van der Waals surface area contributed by atoms with Crippen molar-refractivity contribution in [2.75, 3.05) is 13.1 Å². The number of nitrogens with one attached hydrogen (secondary N) is 2. The van der Waals surface area contributed by atoms with Crippen molar-refractivity contribution in [3.05, 3.63) is 35.7 Å². The zero-order valence-corrected chi connectivity index (χ0v) is 14.0. The van der Waals surface area contributed by atoms with Gasteiger partial charge in [0.15, 0.2) is 0 Å². The van der Waals surface area contributed by atoms with Crippen molar-refractivity contribution in [2.24, 2.45) is 13.0 Å². The van der Waals surface area contributed by atoms with E-state index in [9.17, 15) is 4.79 Å². The molecule has 2 aromatic heterocycles. The number of amides is 1. The predicted molar refractivity (Wildman–Crippen MR) is 89.3 cm³/mol. The normalized spacial score (nSPS) is 23.2. The van der Waals surface area contributed by atoms with E-state index in [-0.39, 0.29) is 17.7 Å². The molecule has 0 aromatic carbocycles. The van der Waals surface area contributed by atoms with Crippen molar-refractivity contribution in [3.8, 4) is 0 Å². The molecule has 1 saturated heterocycles. The minimum absolute atomic E-state index is 0.0496. The molecule has 0 saturated carbocycles. The van der Waals surface area contributed by atoms with E-state index in [1.54, 1.807) is 4.68 Å². The van der Waals surface area contributed by atoms with Crippen LogP contribution >= 0.6 is 0 Å². The van der Waals surface area contributed by atoms with Crippen LogP contribution in [0.1, 0.15) is 35.8 Å². The summed E-state index contributed by atoms with van der Waals surface area (Å²) in [5.74, 6) is 1.39. The molecule has 0 radical (unpaired) electrons. The highest BCUT2D eigenvalue weighted by Gasteiger charge is 2.34. The summed E-state index contributed by atoms with van der Waals surface area (Å²) in [5, 5.41) is 10.6. The molecule has 2 aliphatic rings. The maximum atomic E-state index is 12.6. The van der Waals surface area contributed by atoms with Crippen LogP contribution in [0.4, 0.5) is 0 Å². The first kappa shape index (κ1) is 15.4. The molecular formula is C17H24N6O. The van der Waals surface area contributed by atoms with Crippen LogP contribution in [0.15, 0.2) is 18.6 Å². The van der Waals surface area contributed by atoms with Gasteiger partial charge in [-0.25, -0.2) is 4.98 Å². The molecule has 2 aliphatic heterocycles. The minimum atomic E-state index is -0.0496. The first-order valence-electron chi connectivity index (χ1n) is 8.72. The standard InChI is InChI=1S/C17H24N6O/c1-22-10-12(6-20-22)14-8-18-9-15(14)17(24)19-7-13-11-23-5-3-2-4-16(23)21-13/h6,10-11,14-15,18H,2-5,7-9H2,1H3,(H,19,24)/t14-,15+/m1/s1. The number of imidazole rings is 1.